The van der Waals surface area contributed by atoms with Crippen LogP contribution in [-0.2, 0) is 9.59 Å². The van der Waals surface area contributed by atoms with Crippen molar-refractivity contribution in [2.45, 2.75) is 30.0 Å². The standard InChI is InChI=1S/C9H13NO4S.Na/c1-9(2)5(8(13)14)10-6(12)4(3-11)7(10)15-9;/h4-5,7,11H,3H2,1-2H3,(H,13,14);/q;+1/p-1/t4?,5-,7+;/m0./s1. The summed E-state index contributed by atoms with van der Waals surface area (Å²) in [5.41, 5.74) is 0. The maximum Gasteiger partial charge on any atom is 1.00 e. The number of carboxylic acids is 1. The molecule has 0 radical (unpaired) electrons. The van der Waals surface area contributed by atoms with E-state index in [-0.39, 0.29) is 47.4 Å². The van der Waals surface area contributed by atoms with Crippen molar-refractivity contribution in [2.75, 3.05) is 6.61 Å². The van der Waals surface area contributed by atoms with E-state index in [1.807, 2.05) is 0 Å². The molecular formula is C9H12NNaO4S. The zero-order chi connectivity index (χ0) is 11.4. The second-order valence-electron chi connectivity index (χ2n) is 4.37. The molecule has 1 unspecified atom stereocenters. The summed E-state index contributed by atoms with van der Waals surface area (Å²) in [6.07, 6.45) is 0. The Morgan fingerprint density at radius 2 is 2.19 bits per heavy atom. The van der Waals surface area contributed by atoms with Crippen LogP contribution in [0.15, 0.2) is 0 Å². The third-order valence-electron chi connectivity index (χ3n) is 2.97. The molecule has 7 heteroatoms. The molecule has 2 saturated heterocycles. The summed E-state index contributed by atoms with van der Waals surface area (Å²) in [4.78, 5) is 23.8. The molecule has 0 spiro atoms. The number of aliphatic hydroxyl groups is 1. The SMILES string of the molecule is CC1(C)S[C@@H]2C(CO)C(=O)N2[C@H]1C(=O)[O-].[Na+]. The topological polar surface area (TPSA) is 80.7 Å². The summed E-state index contributed by atoms with van der Waals surface area (Å²) < 4.78 is -0.552. The number of carbonyl (C=O) groups excluding carboxylic acids is 2. The second kappa shape index (κ2) is 4.49. The molecule has 84 valence electrons. The minimum atomic E-state index is -1.22. The number of hydrogen-bond acceptors (Lipinski definition) is 5. The Balaban J connectivity index is 0.00000128. The number of thioether (sulfide) groups is 1. The van der Waals surface area contributed by atoms with E-state index in [2.05, 4.69) is 0 Å². The number of carbonyl (C=O) groups is 2. The predicted molar refractivity (Wildman–Crippen MR) is 51.7 cm³/mol. The van der Waals surface area contributed by atoms with Gasteiger partial charge in [-0.3, -0.25) is 4.79 Å². The zero-order valence-electron chi connectivity index (χ0n) is 9.47. The quantitative estimate of drug-likeness (QED) is 0.396. The molecule has 0 saturated carbocycles. The van der Waals surface area contributed by atoms with E-state index in [4.69, 9.17) is 5.11 Å². The normalized spacial score (nSPS) is 35.1. The van der Waals surface area contributed by atoms with Crippen LogP contribution in [0.1, 0.15) is 13.8 Å². The predicted octanol–water partition coefficient (Wildman–Crippen LogP) is -4.59. The van der Waals surface area contributed by atoms with Gasteiger partial charge in [-0.1, -0.05) is 0 Å². The monoisotopic (exact) mass is 253 g/mol. The van der Waals surface area contributed by atoms with Crippen LogP contribution in [0.4, 0.5) is 0 Å². The van der Waals surface area contributed by atoms with Crippen LogP contribution in [0.3, 0.4) is 0 Å². The Labute approximate surface area is 120 Å². The van der Waals surface area contributed by atoms with Gasteiger partial charge in [0, 0.05) is 4.75 Å². The van der Waals surface area contributed by atoms with Gasteiger partial charge in [-0.15, -0.1) is 11.8 Å². The molecule has 0 aliphatic carbocycles. The number of aliphatic hydroxyl groups excluding tert-OH is 1. The van der Waals surface area contributed by atoms with Crippen molar-refractivity contribution in [2.24, 2.45) is 5.92 Å². The smallest absolute Gasteiger partial charge is 0.548 e. The van der Waals surface area contributed by atoms with E-state index in [0.29, 0.717) is 0 Å². The maximum absolute atomic E-state index is 11.5. The number of aliphatic carboxylic acids is 1. The van der Waals surface area contributed by atoms with Crippen LogP contribution in [-0.4, -0.2) is 44.7 Å². The molecule has 2 rings (SSSR count). The molecule has 3 atom stereocenters. The van der Waals surface area contributed by atoms with E-state index in [9.17, 15) is 14.7 Å². The minimum absolute atomic E-state index is 0. The van der Waals surface area contributed by atoms with Gasteiger partial charge in [-0.05, 0) is 13.8 Å². The first-order chi connectivity index (χ1) is 6.90. The van der Waals surface area contributed by atoms with Gasteiger partial charge in [-0.25, -0.2) is 0 Å². The molecule has 1 N–H and O–H groups in total. The van der Waals surface area contributed by atoms with E-state index >= 15 is 0 Å². The van der Waals surface area contributed by atoms with E-state index in [1.165, 1.54) is 16.7 Å². The first-order valence-corrected chi connectivity index (χ1v) is 5.60. The van der Waals surface area contributed by atoms with Gasteiger partial charge in [0.1, 0.15) is 0 Å². The number of β-lactam (4-membered cyclic amide) rings is 1. The third kappa shape index (κ3) is 1.80. The summed E-state index contributed by atoms with van der Waals surface area (Å²) in [7, 11) is 0. The average Bonchev–Trinajstić information content (AvgIpc) is 2.35. The first-order valence-electron chi connectivity index (χ1n) is 4.72. The molecule has 2 fully saturated rings. The van der Waals surface area contributed by atoms with Crippen molar-refractivity contribution in [1.29, 1.82) is 0 Å². The molecule has 5 nitrogen and oxygen atoms in total. The largest absolute Gasteiger partial charge is 1.00 e. The summed E-state index contributed by atoms with van der Waals surface area (Å²) in [5.74, 6) is -1.95. The van der Waals surface area contributed by atoms with Gasteiger partial charge in [0.05, 0.1) is 29.9 Å². The third-order valence-corrected chi connectivity index (χ3v) is 4.60. The number of rotatable bonds is 2. The van der Waals surface area contributed by atoms with E-state index in [1.54, 1.807) is 13.8 Å². The van der Waals surface area contributed by atoms with Crippen molar-refractivity contribution in [1.82, 2.24) is 4.90 Å². The van der Waals surface area contributed by atoms with Crippen LogP contribution in [0.2, 0.25) is 0 Å². The van der Waals surface area contributed by atoms with Crippen molar-refractivity contribution >= 4 is 23.6 Å². The Bertz CT molecular complexity index is 335. The van der Waals surface area contributed by atoms with Crippen molar-refractivity contribution < 1.29 is 49.4 Å². The van der Waals surface area contributed by atoms with Crippen molar-refractivity contribution in [3.8, 4) is 0 Å². The molecule has 2 aliphatic rings. The number of carboxylic acid groups (broad SMARTS) is 1. The first kappa shape index (κ1) is 14.3. The average molecular weight is 253 g/mol. The Morgan fingerprint density at radius 1 is 1.62 bits per heavy atom. The van der Waals surface area contributed by atoms with Gasteiger partial charge < -0.3 is 19.9 Å². The molecule has 2 aliphatic heterocycles. The van der Waals surface area contributed by atoms with Crippen LogP contribution in [0.5, 0.6) is 0 Å². The van der Waals surface area contributed by atoms with Crippen LogP contribution >= 0.6 is 11.8 Å². The molecule has 2 heterocycles. The fourth-order valence-corrected chi connectivity index (χ4v) is 3.91. The van der Waals surface area contributed by atoms with Gasteiger partial charge in [0.25, 0.3) is 0 Å². The number of nitrogens with zero attached hydrogens (tertiary/aromatic N) is 1. The van der Waals surface area contributed by atoms with Crippen molar-refractivity contribution in [3.05, 3.63) is 0 Å². The summed E-state index contributed by atoms with van der Waals surface area (Å²) in [6, 6.07) is -0.886. The fraction of sp³-hybridized carbons (Fsp3) is 0.778. The number of fused-ring (bicyclic) bond motifs is 1. The Hall–Kier alpha value is 0.250. The molecule has 0 aromatic rings. The van der Waals surface area contributed by atoms with Crippen LogP contribution in [0.25, 0.3) is 0 Å². The Kier molecular flexibility index (Phi) is 4.02. The second-order valence-corrected chi connectivity index (χ2v) is 6.14. The van der Waals surface area contributed by atoms with Gasteiger partial charge in [0.15, 0.2) is 0 Å². The molecule has 0 aromatic carbocycles. The van der Waals surface area contributed by atoms with Crippen molar-refractivity contribution in [3.63, 3.8) is 0 Å². The fourth-order valence-electron chi connectivity index (χ4n) is 2.24. The summed E-state index contributed by atoms with van der Waals surface area (Å²) in [5, 5.41) is 19.7. The molecule has 0 aromatic heterocycles. The number of hydrogen-bond donors (Lipinski definition) is 1. The maximum atomic E-state index is 11.5. The van der Waals surface area contributed by atoms with E-state index in [0.717, 1.165) is 0 Å². The molecule has 0 bridgehead atoms. The van der Waals surface area contributed by atoms with Gasteiger partial charge >= 0.3 is 29.6 Å². The minimum Gasteiger partial charge on any atom is -0.548 e. The van der Waals surface area contributed by atoms with Gasteiger partial charge in [-0.2, -0.15) is 0 Å². The van der Waals surface area contributed by atoms with Gasteiger partial charge in [0.2, 0.25) is 5.91 Å². The summed E-state index contributed by atoms with van der Waals surface area (Å²) >= 11 is 1.41. The summed E-state index contributed by atoms with van der Waals surface area (Å²) in [6.45, 7) is 3.33. The van der Waals surface area contributed by atoms with Crippen LogP contribution < -0.4 is 34.7 Å². The molecule has 1 amide bonds. The zero-order valence-corrected chi connectivity index (χ0v) is 12.3. The molecular weight excluding hydrogens is 241 g/mol. The van der Waals surface area contributed by atoms with Crippen LogP contribution in [0, 0.1) is 5.92 Å². The molecule has 16 heavy (non-hydrogen) atoms. The Morgan fingerprint density at radius 3 is 2.62 bits per heavy atom. The number of amides is 1. The van der Waals surface area contributed by atoms with E-state index < -0.39 is 22.7 Å².